The first kappa shape index (κ1) is 21.9. The van der Waals surface area contributed by atoms with E-state index in [-0.39, 0.29) is 29.7 Å². The highest BCUT2D eigenvalue weighted by atomic mass is 32.2. The number of aromatic amines is 1. The summed E-state index contributed by atoms with van der Waals surface area (Å²) in [5.41, 5.74) is 4.94. The quantitative estimate of drug-likeness (QED) is 0.552. The van der Waals surface area contributed by atoms with Gasteiger partial charge in [-0.15, -0.1) is 0 Å². The molecule has 0 spiro atoms. The molecule has 0 unspecified atom stereocenters. The molecule has 9 heteroatoms. The number of amides is 1. The van der Waals surface area contributed by atoms with Crippen molar-refractivity contribution in [3.8, 4) is 0 Å². The molecule has 2 rings (SSSR count). The zero-order valence-electron chi connectivity index (χ0n) is 16.4. The highest BCUT2D eigenvalue weighted by Crippen LogP contribution is 2.21. The maximum atomic E-state index is 12.9. The van der Waals surface area contributed by atoms with E-state index in [0.717, 1.165) is 31.4 Å². The van der Waals surface area contributed by atoms with Crippen LogP contribution in [0.3, 0.4) is 0 Å². The van der Waals surface area contributed by atoms with Crippen molar-refractivity contribution in [2.45, 2.75) is 52.6 Å². The van der Waals surface area contributed by atoms with Gasteiger partial charge in [-0.05, 0) is 30.7 Å². The number of nitrogens with zero attached hydrogens (tertiary/aromatic N) is 2. The second-order valence-electron chi connectivity index (χ2n) is 6.46. The summed E-state index contributed by atoms with van der Waals surface area (Å²) in [6, 6.07) is 3.44. The number of carbonyl (C=O) groups excluding carboxylic acids is 1. The molecule has 2 aromatic rings. The van der Waals surface area contributed by atoms with Crippen LogP contribution in [0.5, 0.6) is 0 Å². The first-order chi connectivity index (χ1) is 13.5. The summed E-state index contributed by atoms with van der Waals surface area (Å²) >= 11 is 1.51. The molecule has 0 fully saturated rings. The maximum absolute atomic E-state index is 12.9. The molecule has 28 heavy (non-hydrogen) atoms. The van der Waals surface area contributed by atoms with Crippen LogP contribution in [0.1, 0.15) is 45.3 Å². The van der Waals surface area contributed by atoms with Gasteiger partial charge in [-0.2, -0.15) is 11.8 Å². The van der Waals surface area contributed by atoms with Crippen LogP contribution in [0, 0.1) is 0 Å². The molecule has 0 radical (unpaired) electrons. The number of anilines is 2. The van der Waals surface area contributed by atoms with Crippen molar-refractivity contribution in [2.24, 2.45) is 0 Å². The van der Waals surface area contributed by atoms with Gasteiger partial charge in [0.25, 0.3) is 5.56 Å². The van der Waals surface area contributed by atoms with E-state index in [0.29, 0.717) is 12.3 Å². The summed E-state index contributed by atoms with van der Waals surface area (Å²) in [6.45, 7) is 4.53. The van der Waals surface area contributed by atoms with E-state index in [1.807, 2.05) is 6.92 Å². The third kappa shape index (κ3) is 5.54. The lowest BCUT2D eigenvalue weighted by atomic mass is 10.3. The van der Waals surface area contributed by atoms with Crippen LogP contribution in [0.2, 0.25) is 0 Å². The van der Waals surface area contributed by atoms with Gasteiger partial charge in [0.2, 0.25) is 5.91 Å². The first-order valence-electron chi connectivity index (χ1n) is 9.52. The van der Waals surface area contributed by atoms with E-state index >= 15 is 0 Å². The van der Waals surface area contributed by atoms with Crippen molar-refractivity contribution in [2.75, 3.05) is 22.1 Å². The van der Waals surface area contributed by atoms with Crippen molar-refractivity contribution >= 4 is 29.2 Å². The van der Waals surface area contributed by atoms with Gasteiger partial charge in [-0.1, -0.05) is 26.7 Å². The number of nitrogen functional groups attached to an aromatic ring is 1. The molecule has 2 heterocycles. The van der Waals surface area contributed by atoms with Gasteiger partial charge in [-0.25, -0.2) is 4.79 Å². The third-order valence-corrected chi connectivity index (χ3v) is 5.31. The lowest BCUT2D eigenvalue weighted by molar-refractivity contribution is -0.116. The molecule has 0 aliphatic carbocycles. The summed E-state index contributed by atoms with van der Waals surface area (Å²) in [4.78, 5) is 41.2. The van der Waals surface area contributed by atoms with Crippen LogP contribution in [0.4, 0.5) is 11.5 Å². The van der Waals surface area contributed by atoms with Gasteiger partial charge in [0.1, 0.15) is 11.6 Å². The number of thioether (sulfide) groups is 1. The third-order valence-electron chi connectivity index (χ3n) is 4.28. The summed E-state index contributed by atoms with van der Waals surface area (Å²) in [5.74, 6) is 1.35. The largest absolute Gasteiger partial charge is 0.467 e. The second kappa shape index (κ2) is 10.8. The highest BCUT2D eigenvalue weighted by molar-refractivity contribution is 7.99. The van der Waals surface area contributed by atoms with Crippen LogP contribution in [-0.4, -0.2) is 27.0 Å². The fourth-order valence-electron chi connectivity index (χ4n) is 2.71. The molecule has 2 aromatic heterocycles. The molecular formula is C19H28N4O4S. The standard InChI is InChI=1S/C19H28N4O4S/c1-3-5-9-22-17(20)16(18(25)21-19(22)26)23(12-14-8-7-10-27-14)15(24)13-28-11-6-4-2/h7-8,10H,3-6,9,11-13,20H2,1-2H3,(H,21,25,26). The van der Waals surface area contributed by atoms with Crippen LogP contribution >= 0.6 is 11.8 Å². The number of furan rings is 1. The number of nitrogens with two attached hydrogens (primary N) is 1. The summed E-state index contributed by atoms with van der Waals surface area (Å²) in [6.07, 6.45) is 5.16. The van der Waals surface area contributed by atoms with Crippen LogP contribution in [0.15, 0.2) is 32.4 Å². The molecule has 0 atom stereocenters. The van der Waals surface area contributed by atoms with E-state index in [4.69, 9.17) is 10.2 Å². The van der Waals surface area contributed by atoms with Crippen molar-refractivity contribution in [1.29, 1.82) is 0 Å². The zero-order valence-corrected chi connectivity index (χ0v) is 17.2. The highest BCUT2D eigenvalue weighted by Gasteiger charge is 2.25. The van der Waals surface area contributed by atoms with Gasteiger partial charge >= 0.3 is 5.69 Å². The zero-order chi connectivity index (χ0) is 20.5. The number of carbonyl (C=O) groups is 1. The van der Waals surface area contributed by atoms with Gasteiger partial charge in [-0.3, -0.25) is 24.0 Å². The summed E-state index contributed by atoms with van der Waals surface area (Å²) in [7, 11) is 0. The number of unbranched alkanes of at least 4 members (excludes halogenated alkanes) is 2. The Bertz CT molecular complexity index is 873. The first-order valence-corrected chi connectivity index (χ1v) is 10.7. The van der Waals surface area contributed by atoms with Crippen LogP contribution in [0.25, 0.3) is 0 Å². The Balaban J connectivity index is 2.40. The fourth-order valence-corrected chi connectivity index (χ4v) is 3.68. The molecule has 154 valence electrons. The smallest absolute Gasteiger partial charge is 0.330 e. The number of aromatic nitrogens is 2. The number of hydrogen-bond acceptors (Lipinski definition) is 6. The van der Waals surface area contributed by atoms with Gasteiger partial charge in [0.15, 0.2) is 5.69 Å². The molecule has 0 aromatic carbocycles. The van der Waals surface area contributed by atoms with Crippen LogP contribution < -0.4 is 21.9 Å². The Kier molecular flexibility index (Phi) is 8.43. The fraction of sp³-hybridized carbons (Fsp3) is 0.526. The number of nitrogens with one attached hydrogen (secondary N) is 1. The topological polar surface area (TPSA) is 114 Å². The van der Waals surface area contributed by atoms with Crippen LogP contribution in [-0.2, 0) is 17.9 Å². The molecular weight excluding hydrogens is 380 g/mol. The Morgan fingerprint density at radius 2 is 2.04 bits per heavy atom. The minimum atomic E-state index is -0.672. The average molecular weight is 409 g/mol. The Morgan fingerprint density at radius 1 is 1.29 bits per heavy atom. The van der Waals surface area contributed by atoms with Gasteiger partial charge in [0.05, 0.1) is 18.6 Å². The maximum Gasteiger partial charge on any atom is 0.330 e. The molecule has 0 saturated heterocycles. The van der Waals surface area contributed by atoms with E-state index in [1.165, 1.54) is 27.5 Å². The number of hydrogen-bond donors (Lipinski definition) is 2. The lowest BCUT2D eigenvalue weighted by Gasteiger charge is -2.23. The predicted molar refractivity (Wildman–Crippen MR) is 113 cm³/mol. The van der Waals surface area contributed by atoms with Crippen molar-refractivity contribution < 1.29 is 9.21 Å². The van der Waals surface area contributed by atoms with Crippen molar-refractivity contribution in [3.05, 3.63) is 45.0 Å². The second-order valence-corrected chi connectivity index (χ2v) is 7.57. The molecule has 0 aliphatic heterocycles. The normalized spacial score (nSPS) is 10.9. The molecule has 0 saturated carbocycles. The SMILES string of the molecule is CCCCSCC(=O)N(Cc1ccco1)c1c(N)n(CCCC)c(=O)[nH]c1=O. The van der Waals surface area contributed by atoms with Gasteiger partial charge in [0, 0.05) is 6.54 Å². The summed E-state index contributed by atoms with van der Waals surface area (Å²) in [5, 5.41) is 0. The van der Waals surface area contributed by atoms with Crippen molar-refractivity contribution in [1.82, 2.24) is 9.55 Å². The Morgan fingerprint density at radius 3 is 2.68 bits per heavy atom. The average Bonchev–Trinajstić information content (AvgIpc) is 3.17. The minimum Gasteiger partial charge on any atom is -0.467 e. The van der Waals surface area contributed by atoms with Gasteiger partial charge < -0.3 is 10.2 Å². The lowest BCUT2D eigenvalue weighted by Crippen LogP contribution is -2.41. The minimum absolute atomic E-state index is 0.000615. The predicted octanol–water partition coefficient (Wildman–Crippen LogP) is 2.58. The Labute approximate surface area is 168 Å². The van der Waals surface area contributed by atoms with E-state index in [1.54, 1.807) is 12.1 Å². The molecule has 3 N–H and O–H groups in total. The van der Waals surface area contributed by atoms with E-state index < -0.39 is 11.2 Å². The number of H-pyrrole nitrogens is 1. The molecule has 0 bridgehead atoms. The van der Waals surface area contributed by atoms with E-state index in [9.17, 15) is 14.4 Å². The van der Waals surface area contributed by atoms with E-state index in [2.05, 4.69) is 11.9 Å². The van der Waals surface area contributed by atoms with Crippen molar-refractivity contribution in [3.63, 3.8) is 0 Å². The number of rotatable bonds is 11. The molecule has 8 nitrogen and oxygen atoms in total. The Hall–Kier alpha value is -2.42. The monoisotopic (exact) mass is 408 g/mol. The molecule has 1 amide bonds. The molecule has 0 aliphatic rings. The summed E-state index contributed by atoms with van der Waals surface area (Å²) < 4.78 is 6.67.